The highest BCUT2D eigenvalue weighted by Gasteiger charge is 2.26. The van der Waals surface area contributed by atoms with Gasteiger partial charge in [-0.25, -0.2) is 4.79 Å². The van der Waals surface area contributed by atoms with Crippen molar-refractivity contribution in [3.8, 4) is 0 Å². The Labute approximate surface area is 138 Å². The molecule has 0 atom stereocenters. The van der Waals surface area contributed by atoms with Crippen molar-refractivity contribution in [2.45, 2.75) is 18.9 Å². The third-order valence-electron chi connectivity index (χ3n) is 4.65. The van der Waals surface area contributed by atoms with Crippen molar-refractivity contribution in [2.24, 2.45) is 0 Å². The molecule has 1 aromatic carbocycles. The average molecular weight is 322 g/mol. The predicted octanol–water partition coefficient (Wildman–Crippen LogP) is 2.20. The van der Waals surface area contributed by atoms with Crippen LogP contribution in [0.5, 0.6) is 0 Å². The monoisotopic (exact) mass is 322 g/mol. The summed E-state index contributed by atoms with van der Waals surface area (Å²) in [5.41, 5.74) is 2.32. The molecule has 4 rings (SSSR count). The number of para-hydroxylation sites is 2. The van der Waals surface area contributed by atoms with E-state index in [-0.39, 0.29) is 17.6 Å². The lowest BCUT2D eigenvalue weighted by molar-refractivity contribution is 0.0694. The van der Waals surface area contributed by atoms with Crippen LogP contribution in [0.2, 0.25) is 0 Å². The summed E-state index contributed by atoms with van der Waals surface area (Å²) < 4.78 is 1.83. The van der Waals surface area contributed by atoms with Gasteiger partial charge in [0.15, 0.2) is 0 Å². The molecule has 1 aliphatic rings. The maximum absolute atomic E-state index is 12.5. The molecule has 3 heterocycles. The number of fused-ring (bicyclic) bond motifs is 1. The number of hydrogen-bond acceptors (Lipinski definition) is 3. The topological polar surface area (TPSA) is 71.0 Å². The molecule has 1 saturated heterocycles. The normalized spacial score (nSPS) is 15.8. The molecule has 3 aromatic rings. The standard InChI is InChI=1S/C18H18N4O2/c23-17(13-4-3-9-19-12-13)21-10-7-14(8-11-21)22-16-6-2-1-5-15(16)20-18(22)24/h1-6,9,12,14H,7-8,10-11H2,(H,20,24). The van der Waals surface area contributed by atoms with Crippen LogP contribution in [0.4, 0.5) is 0 Å². The molecule has 0 unspecified atom stereocenters. The number of hydrogen-bond donors (Lipinski definition) is 1. The molecule has 6 nitrogen and oxygen atoms in total. The van der Waals surface area contributed by atoms with Crippen molar-refractivity contribution in [3.05, 3.63) is 64.8 Å². The van der Waals surface area contributed by atoms with Crippen molar-refractivity contribution < 1.29 is 4.79 Å². The Balaban J connectivity index is 1.53. The lowest BCUT2D eigenvalue weighted by Crippen LogP contribution is -2.40. The SMILES string of the molecule is O=C(c1cccnc1)N1CCC(n2c(=O)[nH]c3ccccc32)CC1. The number of amides is 1. The maximum Gasteiger partial charge on any atom is 0.326 e. The van der Waals surface area contributed by atoms with Gasteiger partial charge in [-0.05, 0) is 37.1 Å². The van der Waals surface area contributed by atoms with Crippen LogP contribution in [-0.4, -0.2) is 38.4 Å². The van der Waals surface area contributed by atoms with Gasteiger partial charge < -0.3 is 9.88 Å². The number of carbonyl (C=O) groups is 1. The Hall–Kier alpha value is -2.89. The molecule has 1 N–H and O–H groups in total. The van der Waals surface area contributed by atoms with Gasteiger partial charge in [0.05, 0.1) is 16.6 Å². The van der Waals surface area contributed by atoms with Crippen LogP contribution in [0.3, 0.4) is 0 Å². The van der Waals surface area contributed by atoms with E-state index in [0.717, 1.165) is 23.9 Å². The van der Waals surface area contributed by atoms with Crippen LogP contribution >= 0.6 is 0 Å². The second kappa shape index (κ2) is 5.96. The summed E-state index contributed by atoms with van der Waals surface area (Å²) >= 11 is 0. The van der Waals surface area contributed by atoms with E-state index in [4.69, 9.17) is 0 Å². The van der Waals surface area contributed by atoms with E-state index in [1.807, 2.05) is 33.7 Å². The van der Waals surface area contributed by atoms with E-state index in [9.17, 15) is 9.59 Å². The van der Waals surface area contributed by atoms with Crippen LogP contribution in [0, 0.1) is 0 Å². The molecule has 0 bridgehead atoms. The van der Waals surface area contributed by atoms with E-state index in [2.05, 4.69) is 9.97 Å². The molecular weight excluding hydrogens is 304 g/mol. The first-order chi connectivity index (χ1) is 11.7. The summed E-state index contributed by atoms with van der Waals surface area (Å²) in [7, 11) is 0. The lowest BCUT2D eigenvalue weighted by atomic mass is 10.0. The van der Waals surface area contributed by atoms with Gasteiger partial charge in [0.25, 0.3) is 5.91 Å². The number of carbonyl (C=O) groups excluding carboxylic acids is 1. The zero-order valence-corrected chi connectivity index (χ0v) is 13.2. The highest BCUT2D eigenvalue weighted by Crippen LogP contribution is 2.25. The van der Waals surface area contributed by atoms with Crippen molar-refractivity contribution in [2.75, 3.05) is 13.1 Å². The number of nitrogens with one attached hydrogen (secondary N) is 1. The highest BCUT2D eigenvalue weighted by atomic mass is 16.2. The third kappa shape index (κ3) is 2.50. The summed E-state index contributed by atoms with van der Waals surface area (Å²) in [5.74, 6) is 0.00724. The van der Waals surface area contributed by atoms with Crippen LogP contribution < -0.4 is 5.69 Å². The second-order valence-corrected chi connectivity index (χ2v) is 6.08. The Bertz CT molecular complexity index is 921. The van der Waals surface area contributed by atoms with Crippen LogP contribution in [0.1, 0.15) is 29.2 Å². The summed E-state index contributed by atoms with van der Waals surface area (Å²) in [5, 5.41) is 0. The number of aromatic nitrogens is 3. The molecule has 2 aromatic heterocycles. The first kappa shape index (κ1) is 14.7. The molecule has 1 amide bonds. The van der Waals surface area contributed by atoms with E-state index in [1.54, 1.807) is 24.5 Å². The lowest BCUT2D eigenvalue weighted by Gasteiger charge is -2.32. The molecule has 0 spiro atoms. The fourth-order valence-electron chi connectivity index (χ4n) is 3.44. The van der Waals surface area contributed by atoms with E-state index < -0.39 is 0 Å². The molecule has 0 radical (unpaired) electrons. The van der Waals surface area contributed by atoms with E-state index >= 15 is 0 Å². The first-order valence-corrected chi connectivity index (χ1v) is 8.12. The van der Waals surface area contributed by atoms with Gasteiger partial charge in [-0.2, -0.15) is 0 Å². The number of H-pyrrole nitrogens is 1. The average Bonchev–Trinajstić information content (AvgIpc) is 2.98. The van der Waals surface area contributed by atoms with E-state index in [0.29, 0.717) is 18.7 Å². The molecule has 1 aliphatic heterocycles. The van der Waals surface area contributed by atoms with Crippen molar-refractivity contribution in [1.29, 1.82) is 0 Å². The largest absolute Gasteiger partial charge is 0.338 e. The molecule has 24 heavy (non-hydrogen) atoms. The number of nitrogens with zero attached hydrogens (tertiary/aromatic N) is 3. The minimum Gasteiger partial charge on any atom is -0.338 e. The van der Waals surface area contributed by atoms with Crippen LogP contribution in [0.25, 0.3) is 11.0 Å². The summed E-state index contributed by atoms with van der Waals surface area (Å²) in [6.07, 6.45) is 4.80. The molecular formula is C18H18N4O2. The van der Waals surface area contributed by atoms with Gasteiger partial charge in [-0.1, -0.05) is 12.1 Å². The first-order valence-electron chi connectivity index (χ1n) is 8.12. The number of benzene rings is 1. The van der Waals surface area contributed by atoms with Gasteiger partial charge in [0.1, 0.15) is 0 Å². The maximum atomic E-state index is 12.5. The zero-order valence-electron chi connectivity index (χ0n) is 13.2. The van der Waals surface area contributed by atoms with Gasteiger partial charge in [0, 0.05) is 31.5 Å². The quantitative estimate of drug-likeness (QED) is 0.786. The summed E-state index contributed by atoms with van der Waals surface area (Å²) in [6, 6.07) is 11.4. The number of imidazole rings is 1. The van der Waals surface area contributed by atoms with Gasteiger partial charge in [-0.3, -0.25) is 14.3 Å². The number of rotatable bonds is 2. The fraction of sp³-hybridized carbons (Fsp3) is 0.278. The van der Waals surface area contributed by atoms with Crippen molar-refractivity contribution in [1.82, 2.24) is 19.4 Å². The molecule has 6 heteroatoms. The van der Waals surface area contributed by atoms with E-state index in [1.165, 1.54) is 0 Å². The van der Waals surface area contributed by atoms with Crippen molar-refractivity contribution in [3.63, 3.8) is 0 Å². The Morgan fingerprint density at radius 1 is 1.12 bits per heavy atom. The number of likely N-dealkylation sites (tertiary alicyclic amines) is 1. The Morgan fingerprint density at radius 2 is 1.92 bits per heavy atom. The predicted molar refractivity (Wildman–Crippen MR) is 91.0 cm³/mol. The minimum atomic E-state index is -0.0757. The summed E-state index contributed by atoms with van der Waals surface area (Å²) in [4.78, 5) is 33.5. The molecule has 0 saturated carbocycles. The summed E-state index contributed by atoms with van der Waals surface area (Å²) in [6.45, 7) is 1.29. The molecule has 0 aliphatic carbocycles. The smallest absolute Gasteiger partial charge is 0.326 e. The minimum absolute atomic E-state index is 0.00724. The van der Waals surface area contributed by atoms with Crippen LogP contribution in [0.15, 0.2) is 53.6 Å². The molecule has 1 fully saturated rings. The third-order valence-corrected chi connectivity index (χ3v) is 4.65. The molecule has 122 valence electrons. The Kier molecular flexibility index (Phi) is 3.65. The number of piperidine rings is 1. The zero-order chi connectivity index (χ0) is 16.5. The second-order valence-electron chi connectivity index (χ2n) is 6.08. The number of aromatic amines is 1. The fourth-order valence-corrected chi connectivity index (χ4v) is 3.44. The van der Waals surface area contributed by atoms with Crippen molar-refractivity contribution >= 4 is 16.9 Å². The van der Waals surface area contributed by atoms with Crippen LogP contribution in [-0.2, 0) is 0 Å². The van der Waals surface area contributed by atoms with Gasteiger partial charge in [-0.15, -0.1) is 0 Å². The number of pyridine rings is 1. The highest BCUT2D eigenvalue weighted by molar-refractivity contribution is 5.93. The van der Waals surface area contributed by atoms with Gasteiger partial charge >= 0.3 is 5.69 Å². The van der Waals surface area contributed by atoms with Gasteiger partial charge in [0.2, 0.25) is 0 Å². The Morgan fingerprint density at radius 3 is 2.67 bits per heavy atom.